The van der Waals surface area contributed by atoms with Crippen LogP contribution in [-0.4, -0.2) is 14.8 Å². The minimum atomic E-state index is -0.174. The van der Waals surface area contributed by atoms with Gasteiger partial charge in [0.1, 0.15) is 5.01 Å². The number of thiazole rings is 1. The van der Waals surface area contributed by atoms with Crippen molar-refractivity contribution < 1.29 is 0 Å². The smallest absolute Gasteiger partial charge is 0.115 e. The molecule has 0 spiro atoms. The lowest BCUT2D eigenvalue weighted by Crippen LogP contribution is -2.11. The van der Waals surface area contributed by atoms with E-state index in [0.29, 0.717) is 0 Å². The van der Waals surface area contributed by atoms with Gasteiger partial charge in [-0.15, -0.1) is 11.3 Å². The van der Waals surface area contributed by atoms with E-state index in [1.807, 2.05) is 55.9 Å². The van der Waals surface area contributed by atoms with Gasteiger partial charge in [-0.05, 0) is 12.5 Å². The fourth-order valence-electron chi connectivity index (χ4n) is 2.21. The molecule has 20 heavy (non-hydrogen) atoms. The summed E-state index contributed by atoms with van der Waals surface area (Å²) in [5, 5.41) is 7.32. The van der Waals surface area contributed by atoms with Crippen LogP contribution >= 0.6 is 11.3 Å². The first-order valence-electron chi connectivity index (χ1n) is 6.41. The molecule has 5 heteroatoms. The zero-order chi connectivity index (χ0) is 14.1. The van der Waals surface area contributed by atoms with Gasteiger partial charge in [-0.1, -0.05) is 30.3 Å². The van der Waals surface area contributed by atoms with Gasteiger partial charge >= 0.3 is 0 Å². The van der Waals surface area contributed by atoms with Crippen molar-refractivity contribution in [3.05, 3.63) is 58.2 Å². The van der Waals surface area contributed by atoms with Crippen LogP contribution in [0.2, 0.25) is 0 Å². The van der Waals surface area contributed by atoms with Crippen molar-refractivity contribution in [1.82, 2.24) is 14.8 Å². The predicted molar refractivity (Wildman–Crippen MR) is 81.5 cm³/mol. The molecule has 102 valence electrons. The summed E-state index contributed by atoms with van der Waals surface area (Å²) in [7, 11) is 1.92. The van der Waals surface area contributed by atoms with E-state index < -0.39 is 0 Å². The maximum atomic E-state index is 6.28. The molecule has 3 rings (SSSR count). The van der Waals surface area contributed by atoms with Crippen LogP contribution < -0.4 is 5.73 Å². The maximum Gasteiger partial charge on any atom is 0.115 e. The topological polar surface area (TPSA) is 56.7 Å². The lowest BCUT2D eigenvalue weighted by atomic mass is 10.1. The highest BCUT2D eigenvalue weighted by Gasteiger charge is 2.15. The van der Waals surface area contributed by atoms with E-state index in [4.69, 9.17) is 5.73 Å². The van der Waals surface area contributed by atoms with Gasteiger partial charge in [0.2, 0.25) is 0 Å². The number of hydrogen-bond donors (Lipinski definition) is 1. The summed E-state index contributed by atoms with van der Waals surface area (Å²) in [4.78, 5) is 4.67. The second-order valence-electron chi connectivity index (χ2n) is 4.76. The third-order valence-corrected chi connectivity index (χ3v) is 4.16. The van der Waals surface area contributed by atoms with Gasteiger partial charge in [-0.2, -0.15) is 5.10 Å². The van der Waals surface area contributed by atoms with Crippen molar-refractivity contribution in [3.63, 3.8) is 0 Å². The van der Waals surface area contributed by atoms with E-state index in [0.717, 1.165) is 27.5 Å². The van der Waals surface area contributed by atoms with Crippen LogP contribution in [0.5, 0.6) is 0 Å². The molecule has 2 N–H and O–H groups in total. The second-order valence-corrected chi connectivity index (χ2v) is 5.65. The summed E-state index contributed by atoms with van der Waals surface area (Å²) in [6.07, 6.45) is 1.99. The van der Waals surface area contributed by atoms with Crippen LogP contribution in [0.4, 0.5) is 0 Å². The monoisotopic (exact) mass is 284 g/mol. The highest BCUT2D eigenvalue weighted by molar-refractivity contribution is 7.10. The third-order valence-electron chi connectivity index (χ3n) is 3.24. The quantitative estimate of drug-likeness (QED) is 0.804. The summed E-state index contributed by atoms with van der Waals surface area (Å²) in [6.45, 7) is 1.99. The Labute approximate surface area is 121 Å². The zero-order valence-corrected chi connectivity index (χ0v) is 12.3. The molecule has 0 radical (unpaired) electrons. The van der Waals surface area contributed by atoms with Crippen LogP contribution in [0.15, 0.2) is 41.9 Å². The third kappa shape index (κ3) is 2.37. The van der Waals surface area contributed by atoms with Gasteiger partial charge < -0.3 is 5.73 Å². The van der Waals surface area contributed by atoms with Crippen LogP contribution in [-0.2, 0) is 7.05 Å². The highest BCUT2D eigenvalue weighted by Crippen LogP contribution is 2.28. The predicted octanol–water partition coefficient (Wildman–Crippen LogP) is 2.90. The first-order chi connectivity index (χ1) is 9.65. The van der Waals surface area contributed by atoms with Crippen LogP contribution in [0.1, 0.15) is 22.3 Å². The molecule has 0 saturated heterocycles. The number of hydrogen-bond acceptors (Lipinski definition) is 4. The normalized spacial score (nSPS) is 12.6. The number of nitrogens with two attached hydrogens (primary N) is 1. The molecule has 1 atom stereocenters. The molecule has 0 fully saturated rings. The summed E-state index contributed by atoms with van der Waals surface area (Å²) in [5.74, 6) is 0. The molecule has 1 unspecified atom stereocenters. The van der Waals surface area contributed by atoms with E-state index in [-0.39, 0.29) is 6.04 Å². The van der Waals surface area contributed by atoms with Gasteiger partial charge in [0, 0.05) is 24.2 Å². The Morgan fingerprint density at radius 1 is 1.25 bits per heavy atom. The minimum Gasteiger partial charge on any atom is -0.318 e. The highest BCUT2D eigenvalue weighted by atomic mass is 32.1. The average Bonchev–Trinajstić information content (AvgIpc) is 3.05. The Hall–Kier alpha value is -1.98. The molecule has 0 aliphatic carbocycles. The van der Waals surface area contributed by atoms with Crippen molar-refractivity contribution >= 4 is 11.3 Å². The SMILES string of the molecule is Cc1nn(C)cc1-c1csc(C(N)c2ccccc2)n1. The Kier molecular flexibility index (Phi) is 3.38. The molecular formula is C15H16N4S. The lowest BCUT2D eigenvalue weighted by molar-refractivity contribution is 0.756. The van der Waals surface area contributed by atoms with E-state index in [2.05, 4.69) is 10.1 Å². The average molecular weight is 284 g/mol. The summed E-state index contributed by atoms with van der Waals surface area (Å²) in [5.41, 5.74) is 10.4. The molecule has 0 bridgehead atoms. The molecule has 2 aromatic heterocycles. The molecule has 0 aliphatic rings. The minimum absolute atomic E-state index is 0.174. The maximum absolute atomic E-state index is 6.28. The van der Waals surface area contributed by atoms with Crippen LogP contribution in [0, 0.1) is 6.92 Å². The zero-order valence-electron chi connectivity index (χ0n) is 11.4. The molecule has 3 aromatic rings. The Balaban J connectivity index is 1.93. The molecule has 0 saturated carbocycles. The van der Waals surface area contributed by atoms with Crippen molar-refractivity contribution in [1.29, 1.82) is 0 Å². The van der Waals surface area contributed by atoms with Crippen LogP contribution in [0.25, 0.3) is 11.3 Å². The number of benzene rings is 1. The van der Waals surface area contributed by atoms with Crippen molar-refractivity contribution in [2.45, 2.75) is 13.0 Å². The van der Waals surface area contributed by atoms with Crippen molar-refractivity contribution in [3.8, 4) is 11.3 Å². The van der Waals surface area contributed by atoms with Gasteiger partial charge in [-0.25, -0.2) is 4.98 Å². The van der Waals surface area contributed by atoms with E-state index in [1.165, 1.54) is 0 Å². The van der Waals surface area contributed by atoms with Crippen LogP contribution in [0.3, 0.4) is 0 Å². The number of aryl methyl sites for hydroxylation is 2. The standard InChI is InChI=1S/C15H16N4S/c1-10-12(8-19(2)18-10)13-9-20-15(17-13)14(16)11-6-4-3-5-7-11/h3-9,14H,16H2,1-2H3. The van der Waals surface area contributed by atoms with Gasteiger partial charge in [0.25, 0.3) is 0 Å². The molecule has 0 aliphatic heterocycles. The van der Waals surface area contributed by atoms with Crippen molar-refractivity contribution in [2.75, 3.05) is 0 Å². The molecule has 4 nitrogen and oxygen atoms in total. The Morgan fingerprint density at radius 2 is 2.00 bits per heavy atom. The second kappa shape index (κ2) is 5.19. The number of nitrogens with zero attached hydrogens (tertiary/aromatic N) is 3. The number of rotatable bonds is 3. The molecule has 1 aromatic carbocycles. The lowest BCUT2D eigenvalue weighted by Gasteiger charge is -2.07. The molecule has 2 heterocycles. The van der Waals surface area contributed by atoms with E-state index in [1.54, 1.807) is 16.0 Å². The Bertz CT molecular complexity index is 715. The van der Waals surface area contributed by atoms with Crippen molar-refractivity contribution in [2.24, 2.45) is 12.8 Å². The van der Waals surface area contributed by atoms with Gasteiger partial charge in [-0.3, -0.25) is 4.68 Å². The van der Waals surface area contributed by atoms with E-state index in [9.17, 15) is 0 Å². The summed E-state index contributed by atoms with van der Waals surface area (Å²) >= 11 is 1.59. The summed E-state index contributed by atoms with van der Waals surface area (Å²) in [6, 6.07) is 9.86. The van der Waals surface area contributed by atoms with E-state index >= 15 is 0 Å². The first kappa shape index (κ1) is 13.0. The Morgan fingerprint density at radius 3 is 2.65 bits per heavy atom. The fraction of sp³-hybridized carbons (Fsp3) is 0.200. The molecular weight excluding hydrogens is 268 g/mol. The first-order valence-corrected chi connectivity index (χ1v) is 7.29. The van der Waals surface area contributed by atoms with Gasteiger partial charge in [0.15, 0.2) is 0 Å². The van der Waals surface area contributed by atoms with Gasteiger partial charge in [0.05, 0.1) is 17.4 Å². The summed E-state index contributed by atoms with van der Waals surface area (Å²) < 4.78 is 1.81. The number of aromatic nitrogens is 3. The fourth-order valence-corrected chi connectivity index (χ4v) is 3.05. The largest absolute Gasteiger partial charge is 0.318 e. The molecule has 0 amide bonds.